The van der Waals surface area contributed by atoms with Gasteiger partial charge in [0.05, 0.1) is 11.5 Å². The summed E-state index contributed by atoms with van der Waals surface area (Å²) in [4.78, 5) is 0.313. The Balaban J connectivity index is 1.88. The highest BCUT2D eigenvalue weighted by atomic mass is 32.2. The molecule has 2 N–H and O–H groups in total. The van der Waals surface area contributed by atoms with Crippen molar-refractivity contribution in [3.8, 4) is 0 Å². The molecule has 0 bridgehead atoms. The molecule has 0 spiro atoms. The molecule has 0 radical (unpaired) electrons. The predicted molar refractivity (Wildman–Crippen MR) is 82.6 cm³/mol. The molecule has 2 rings (SSSR count). The fraction of sp³-hybridized carbons (Fsp3) is 0.600. The maximum atomic E-state index is 12.4. The van der Waals surface area contributed by atoms with Crippen molar-refractivity contribution < 1.29 is 13.2 Å². The van der Waals surface area contributed by atoms with Crippen molar-refractivity contribution in [2.24, 2.45) is 11.7 Å². The molecule has 1 saturated carbocycles. The summed E-state index contributed by atoms with van der Waals surface area (Å²) in [6.07, 6.45) is 3.23. The number of likely N-dealkylation sites (N-methyl/N-ethyl adjacent to an activating group) is 1. The highest BCUT2D eigenvalue weighted by molar-refractivity contribution is 7.89. The smallest absolute Gasteiger partial charge is 0.242 e. The van der Waals surface area contributed by atoms with Crippen LogP contribution in [-0.4, -0.2) is 46.1 Å². The minimum Gasteiger partial charge on any atom is -0.380 e. The third kappa shape index (κ3) is 4.78. The normalized spacial score (nSPS) is 15.6. The Kier molecular flexibility index (Phi) is 5.75. The van der Waals surface area contributed by atoms with Crippen LogP contribution in [0.3, 0.4) is 0 Å². The van der Waals surface area contributed by atoms with E-state index in [0.717, 1.165) is 18.6 Å². The second-order valence-corrected chi connectivity index (χ2v) is 7.57. The lowest BCUT2D eigenvalue weighted by molar-refractivity contribution is 0.117. The van der Waals surface area contributed by atoms with E-state index in [9.17, 15) is 8.42 Å². The van der Waals surface area contributed by atoms with Crippen molar-refractivity contribution in [2.45, 2.75) is 24.2 Å². The van der Waals surface area contributed by atoms with Gasteiger partial charge in [-0.15, -0.1) is 0 Å². The summed E-state index contributed by atoms with van der Waals surface area (Å²) in [7, 11) is -1.85. The van der Waals surface area contributed by atoms with Gasteiger partial charge in [-0.2, -0.15) is 4.31 Å². The molecule has 1 aliphatic carbocycles. The molecule has 0 aliphatic heterocycles. The van der Waals surface area contributed by atoms with Gasteiger partial charge in [0.25, 0.3) is 0 Å². The molecule has 1 aromatic carbocycles. The van der Waals surface area contributed by atoms with Crippen LogP contribution in [0.2, 0.25) is 0 Å². The molecular weight excluding hydrogens is 288 g/mol. The van der Waals surface area contributed by atoms with Crippen LogP contribution in [0.4, 0.5) is 0 Å². The summed E-state index contributed by atoms with van der Waals surface area (Å²) in [5, 5.41) is 0. The lowest BCUT2D eigenvalue weighted by Crippen LogP contribution is -2.30. The summed E-state index contributed by atoms with van der Waals surface area (Å²) in [5.74, 6) is 0.696. The predicted octanol–water partition coefficient (Wildman–Crippen LogP) is 1.23. The molecule has 1 aliphatic rings. The van der Waals surface area contributed by atoms with E-state index >= 15 is 0 Å². The first-order valence-electron chi connectivity index (χ1n) is 7.37. The first-order chi connectivity index (χ1) is 10.0. The third-order valence-corrected chi connectivity index (χ3v) is 5.54. The van der Waals surface area contributed by atoms with Crippen molar-refractivity contribution in [2.75, 3.05) is 33.4 Å². The van der Waals surface area contributed by atoms with Crippen LogP contribution in [0, 0.1) is 5.92 Å². The summed E-state index contributed by atoms with van der Waals surface area (Å²) in [6.45, 7) is 2.13. The maximum absolute atomic E-state index is 12.4. The average molecular weight is 312 g/mol. The fourth-order valence-corrected chi connectivity index (χ4v) is 3.18. The molecule has 0 amide bonds. The van der Waals surface area contributed by atoms with E-state index in [-0.39, 0.29) is 0 Å². The lowest BCUT2D eigenvalue weighted by Gasteiger charge is -2.17. The van der Waals surface area contributed by atoms with Crippen LogP contribution in [0.25, 0.3) is 0 Å². The van der Waals surface area contributed by atoms with Crippen LogP contribution >= 0.6 is 0 Å². The van der Waals surface area contributed by atoms with Gasteiger partial charge in [0.15, 0.2) is 0 Å². The second kappa shape index (κ2) is 7.35. The van der Waals surface area contributed by atoms with Gasteiger partial charge in [-0.05, 0) is 49.4 Å². The van der Waals surface area contributed by atoms with E-state index in [4.69, 9.17) is 10.5 Å². The summed E-state index contributed by atoms with van der Waals surface area (Å²) in [5.41, 5.74) is 6.53. The average Bonchev–Trinajstić information content (AvgIpc) is 3.28. The quantitative estimate of drug-likeness (QED) is 0.696. The third-order valence-electron chi connectivity index (χ3n) is 3.67. The van der Waals surface area contributed by atoms with Crippen LogP contribution in [0.15, 0.2) is 29.2 Å². The number of rotatable bonds is 9. The Morgan fingerprint density at radius 1 is 1.29 bits per heavy atom. The highest BCUT2D eigenvalue weighted by Gasteiger charge is 2.23. The SMILES string of the molecule is CN(CCOCC1CC1)S(=O)(=O)c1ccc(CCN)cc1. The molecule has 0 aromatic heterocycles. The molecule has 0 unspecified atom stereocenters. The van der Waals surface area contributed by atoms with Crippen LogP contribution in [0.1, 0.15) is 18.4 Å². The zero-order valence-corrected chi connectivity index (χ0v) is 13.3. The van der Waals surface area contributed by atoms with E-state index < -0.39 is 10.0 Å². The molecule has 0 heterocycles. The van der Waals surface area contributed by atoms with Gasteiger partial charge < -0.3 is 10.5 Å². The first-order valence-corrected chi connectivity index (χ1v) is 8.81. The van der Waals surface area contributed by atoms with E-state index in [1.165, 1.54) is 17.1 Å². The van der Waals surface area contributed by atoms with Crippen molar-refractivity contribution >= 4 is 10.0 Å². The lowest BCUT2D eigenvalue weighted by atomic mass is 10.2. The number of nitrogens with two attached hydrogens (primary N) is 1. The van der Waals surface area contributed by atoms with Gasteiger partial charge in [-0.3, -0.25) is 0 Å². The van der Waals surface area contributed by atoms with Crippen molar-refractivity contribution in [3.63, 3.8) is 0 Å². The van der Waals surface area contributed by atoms with Gasteiger partial charge in [0.1, 0.15) is 0 Å². The van der Waals surface area contributed by atoms with Gasteiger partial charge in [0.2, 0.25) is 10.0 Å². The Morgan fingerprint density at radius 2 is 1.95 bits per heavy atom. The van der Waals surface area contributed by atoms with Crippen molar-refractivity contribution in [1.29, 1.82) is 0 Å². The molecule has 5 nitrogen and oxygen atoms in total. The summed E-state index contributed by atoms with van der Waals surface area (Å²) in [6, 6.07) is 6.91. The largest absolute Gasteiger partial charge is 0.380 e. The number of ether oxygens (including phenoxy) is 1. The van der Waals surface area contributed by atoms with Gasteiger partial charge in [-0.1, -0.05) is 12.1 Å². The topological polar surface area (TPSA) is 72.6 Å². The number of benzene rings is 1. The summed E-state index contributed by atoms with van der Waals surface area (Å²) < 4.78 is 31.6. The standard InChI is InChI=1S/C15H24N2O3S/c1-17(10-11-20-12-14-2-3-14)21(18,19)15-6-4-13(5-7-15)8-9-16/h4-7,14H,2-3,8-12,16H2,1H3. The molecule has 1 aromatic rings. The zero-order valence-electron chi connectivity index (χ0n) is 12.5. The highest BCUT2D eigenvalue weighted by Crippen LogP contribution is 2.28. The van der Waals surface area contributed by atoms with E-state index in [0.29, 0.717) is 30.5 Å². The van der Waals surface area contributed by atoms with Crippen LogP contribution in [-0.2, 0) is 21.2 Å². The molecular formula is C15H24N2O3S. The first kappa shape index (κ1) is 16.4. The molecule has 21 heavy (non-hydrogen) atoms. The van der Waals surface area contributed by atoms with E-state index in [2.05, 4.69) is 0 Å². The minimum atomic E-state index is -3.43. The Morgan fingerprint density at radius 3 is 2.52 bits per heavy atom. The van der Waals surface area contributed by atoms with E-state index in [1.807, 2.05) is 12.1 Å². The molecule has 6 heteroatoms. The van der Waals surface area contributed by atoms with Crippen LogP contribution in [0.5, 0.6) is 0 Å². The number of hydrogen-bond donors (Lipinski definition) is 1. The van der Waals surface area contributed by atoms with E-state index in [1.54, 1.807) is 19.2 Å². The number of nitrogens with zero attached hydrogens (tertiary/aromatic N) is 1. The monoisotopic (exact) mass is 312 g/mol. The molecule has 118 valence electrons. The van der Waals surface area contributed by atoms with Gasteiger partial charge >= 0.3 is 0 Å². The maximum Gasteiger partial charge on any atom is 0.242 e. The number of hydrogen-bond acceptors (Lipinski definition) is 4. The Labute approximate surface area is 127 Å². The second-order valence-electron chi connectivity index (χ2n) is 5.53. The zero-order chi connectivity index (χ0) is 15.3. The van der Waals surface area contributed by atoms with Crippen LogP contribution < -0.4 is 5.73 Å². The van der Waals surface area contributed by atoms with Crippen molar-refractivity contribution in [3.05, 3.63) is 29.8 Å². The fourth-order valence-electron chi connectivity index (χ4n) is 2.02. The molecule has 0 atom stereocenters. The van der Waals surface area contributed by atoms with Gasteiger partial charge in [0, 0.05) is 20.2 Å². The van der Waals surface area contributed by atoms with Crippen molar-refractivity contribution in [1.82, 2.24) is 4.31 Å². The Hall–Kier alpha value is -0.950. The Bertz CT molecular complexity index is 539. The number of sulfonamides is 1. The summed E-state index contributed by atoms with van der Waals surface area (Å²) >= 11 is 0. The van der Waals surface area contributed by atoms with Gasteiger partial charge in [-0.25, -0.2) is 8.42 Å². The molecule has 0 saturated heterocycles. The minimum absolute atomic E-state index is 0.313. The molecule has 1 fully saturated rings.